The van der Waals surface area contributed by atoms with Crippen molar-refractivity contribution >= 4 is 50.5 Å². The van der Waals surface area contributed by atoms with E-state index in [1.165, 1.54) is 29.5 Å². The quantitative estimate of drug-likeness (QED) is 0.227. The van der Waals surface area contributed by atoms with Gasteiger partial charge in [-0.3, -0.25) is 9.59 Å². The summed E-state index contributed by atoms with van der Waals surface area (Å²) in [6, 6.07) is 8.99. The Balaban J connectivity index is 1.55. The number of rotatable bonds is 6. The molecule has 0 saturated heterocycles. The molecule has 11 heteroatoms. The van der Waals surface area contributed by atoms with Gasteiger partial charge in [0.25, 0.3) is 5.91 Å². The van der Waals surface area contributed by atoms with Crippen molar-refractivity contribution in [3.8, 4) is 5.75 Å². The molecule has 0 aliphatic rings. The van der Waals surface area contributed by atoms with Crippen LogP contribution in [0.4, 0.5) is 23.2 Å². The number of ether oxygens (including phenoxy) is 1. The van der Waals surface area contributed by atoms with E-state index in [0.717, 1.165) is 15.8 Å². The first kappa shape index (κ1) is 24.6. The molecule has 0 atom stereocenters. The molecule has 3 aromatic carbocycles. The summed E-state index contributed by atoms with van der Waals surface area (Å²) < 4.78 is 59.5. The van der Waals surface area contributed by atoms with E-state index in [9.17, 15) is 27.2 Å². The SMILES string of the molecule is Cc1cc2scnc2cc1NC(=O)COc1ccc(Cl)cc1C(=O)c1cc(F)cc(C(F)(F)F)c1. The predicted octanol–water partition coefficient (Wildman–Crippen LogP) is 6.66. The maximum absolute atomic E-state index is 13.8. The fraction of sp³-hybridized carbons (Fsp3) is 0.125. The van der Waals surface area contributed by atoms with Crippen molar-refractivity contribution in [1.29, 1.82) is 0 Å². The number of nitrogens with one attached hydrogen (secondary N) is 1. The molecule has 4 aromatic rings. The zero-order valence-corrected chi connectivity index (χ0v) is 19.4. The van der Waals surface area contributed by atoms with Crippen LogP contribution in [0.15, 0.2) is 54.0 Å². The Bertz CT molecular complexity index is 1450. The van der Waals surface area contributed by atoms with Gasteiger partial charge in [0, 0.05) is 16.3 Å². The number of anilines is 1. The molecule has 1 amide bonds. The molecule has 1 N–H and O–H groups in total. The number of carbonyl (C=O) groups excluding carboxylic acids is 2. The minimum Gasteiger partial charge on any atom is -0.483 e. The monoisotopic (exact) mass is 522 g/mol. The maximum atomic E-state index is 13.8. The molecule has 0 bridgehead atoms. The lowest BCUT2D eigenvalue weighted by Gasteiger charge is -2.13. The van der Waals surface area contributed by atoms with Crippen LogP contribution >= 0.6 is 22.9 Å². The van der Waals surface area contributed by atoms with Gasteiger partial charge in [-0.05, 0) is 61.0 Å². The van der Waals surface area contributed by atoms with Gasteiger partial charge in [0.2, 0.25) is 0 Å². The average Bonchev–Trinajstić information content (AvgIpc) is 3.24. The van der Waals surface area contributed by atoms with Gasteiger partial charge >= 0.3 is 6.18 Å². The largest absolute Gasteiger partial charge is 0.483 e. The van der Waals surface area contributed by atoms with E-state index in [1.807, 2.05) is 13.0 Å². The number of ketones is 1. The van der Waals surface area contributed by atoms with E-state index in [0.29, 0.717) is 23.9 Å². The summed E-state index contributed by atoms with van der Waals surface area (Å²) in [6.07, 6.45) is -4.84. The molecular formula is C24H15ClF4N2O3S. The van der Waals surface area contributed by atoms with E-state index in [4.69, 9.17) is 16.3 Å². The Morgan fingerprint density at radius 1 is 1.11 bits per heavy atom. The number of halogens is 5. The molecule has 0 radical (unpaired) electrons. The average molecular weight is 523 g/mol. The number of aromatic nitrogens is 1. The van der Waals surface area contributed by atoms with Crippen LogP contribution < -0.4 is 10.1 Å². The zero-order chi connectivity index (χ0) is 25.3. The third kappa shape index (κ3) is 5.60. The maximum Gasteiger partial charge on any atom is 0.416 e. The first-order valence-electron chi connectivity index (χ1n) is 10.00. The fourth-order valence-electron chi connectivity index (χ4n) is 3.31. The van der Waals surface area contributed by atoms with Crippen molar-refractivity contribution in [1.82, 2.24) is 4.98 Å². The highest BCUT2D eigenvalue weighted by molar-refractivity contribution is 7.16. The van der Waals surface area contributed by atoms with Gasteiger partial charge in [-0.25, -0.2) is 9.37 Å². The molecule has 1 aromatic heterocycles. The molecule has 35 heavy (non-hydrogen) atoms. The van der Waals surface area contributed by atoms with E-state index in [-0.39, 0.29) is 16.3 Å². The van der Waals surface area contributed by atoms with Crippen LogP contribution in [0.3, 0.4) is 0 Å². The van der Waals surface area contributed by atoms with E-state index in [2.05, 4.69) is 10.3 Å². The first-order valence-corrected chi connectivity index (χ1v) is 11.3. The highest BCUT2D eigenvalue weighted by atomic mass is 35.5. The lowest BCUT2D eigenvalue weighted by molar-refractivity contribution is -0.137. The third-order valence-corrected chi connectivity index (χ3v) is 6.01. The molecule has 1 heterocycles. The second kappa shape index (κ2) is 9.63. The van der Waals surface area contributed by atoms with Gasteiger partial charge in [0.15, 0.2) is 12.4 Å². The lowest BCUT2D eigenvalue weighted by atomic mass is 10.00. The smallest absolute Gasteiger partial charge is 0.416 e. The standard InChI is InChI=1S/C24H15ClF4N2O3S/c1-12-4-21-19(30-11-35-21)9-18(12)31-22(32)10-34-20-3-2-15(25)8-17(20)23(33)13-5-14(24(27,28)29)7-16(26)6-13/h2-9,11H,10H2,1H3,(H,31,32). The number of amides is 1. The van der Waals surface area contributed by atoms with Gasteiger partial charge in [0.05, 0.1) is 26.9 Å². The second-order valence-corrected chi connectivity index (χ2v) is 8.84. The zero-order valence-electron chi connectivity index (χ0n) is 17.9. The molecular weight excluding hydrogens is 508 g/mol. The van der Waals surface area contributed by atoms with Crippen LogP contribution in [0.5, 0.6) is 5.75 Å². The number of nitrogens with zero attached hydrogens (tertiary/aromatic N) is 1. The molecule has 0 spiro atoms. The number of thiazole rings is 1. The van der Waals surface area contributed by atoms with Gasteiger partial charge in [-0.1, -0.05) is 11.6 Å². The van der Waals surface area contributed by atoms with Crippen LogP contribution in [-0.4, -0.2) is 23.3 Å². The molecule has 4 rings (SSSR count). The van der Waals surface area contributed by atoms with Crippen molar-refractivity contribution in [2.75, 3.05) is 11.9 Å². The summed E-state index contributed by atoms with van der Waals surface area (Å²) in [4.78, 5) is 29.6. The molecule has 5 nitrogen and oxygen atoms in total. The summed E-state index contributed by atoms with van der Waals surface area (Å²) >= 11 is 7.43. The first-order chi connectivity index (χ1) is 16.5. The van der Waals surface area contributed by atoms with Crippen molar-refractivity contribution < 1.29 is 31.9 Å². The molecule has 0 aliphatic heterocycles. The number of aryl methyl sites for hydroxylation is 1. The highest BCUT2D eigenvalue weighted by Crippen LogP contribution is 2.32. The lowest BCUT2D eigenvalue weighted by Crippen LogP contribution is -2.21. The minimum absolute atomic E-state index is 0.0981. The van der Waals surface area contributed by atoms with Crippen LogP contribution in [0.25, 0.3) is 10.2 Å². The van der Waals surface area contributed by atoms with Gasteiger partial charge in [-0.15, -0.1) is 11.3 Å². The van der Waals surface area contributed by atoms with Crippen LogP contribution in [0, 0.1) is 12.7 Å². The molecule has 0 unspecified atom stereocenters. The number of hydrogen-bond acceptors (Lipinski definition) is 5. The number of fused-ring (bicyclic) bond motifs is 1. The van der Waals surface area contributed by atoms with Crippen molar-refractivity contribution in [3.63, 3.8) is 0 Å². The van der Waals surface area contributed by atoms with Crippen LogP contribution in [0.2, 0.25) is 5.02 Å². The van der Waals surface area contributed by atoms with E-state index < -0.39 is 41.4 Å². The normalized spacial score (nSPS) is 11.5. The van der Waals surface area contributed by atoms with E-state index >= 15 is 0 Å². The van der Waals surface area contributed by atoms with Gasteiger partial charge < -0.3 is 10.1 Å². The Morgan fingerprint density at radius 2 is 1.89 bits per heavy atom. The highest BCUT2D eigenvalue weighted by Gasteiger charge is 2.32. The van der Waals surface area contributed by atoms with E-state index in [1.54, 1.807) is 11.6 Å². The van der Waals surface area contributed by atoms with Crippen LogP contribution in [-0.2, 0) is 11.0 Å². The van der Waals surface area contributed by atoms with Gasteiger partial charge in [0.1, 0.15) is 11.6 Å². The number of carbonyl (C=O) groups is 2. The Labute approximate surface area is 205 Å². The topological polar surface area (TPSA) is 68.3 Å². The summed E-state index contributed by atoms with van der Waals surface area (Å²) in [5.74, 6) is -2.81. The summed E-state index contributed by atoms with van der Waals surface area (Å²) in [5, 5.41) is 2.80. The van der Waals surface area contributed by atoms with Crippen molar-refractivity contribution in [3.05, 3.63) is 87.1 Å². The van der Waals surface area contributed by atoms with Crippen molar-refractivity contribution in [2.45, 2.75) is 13.1 Å². The number of benzene rings is 3. The Kier molecular flexibility index (Phi) is 6.77. The molecule has 0 aliphatic carbocycles. The molecule has 180 valence electrons. The Hall–Kier alpha value is -3.50. The number of hydrogen-bond donors (Lipinski definition) is 1. The molecule has 0 fully saturated rings. The minimum atomic E-state index is -4.84. The van der Waals surface area contributed by atoms with Gasteiger partial charge in [-0.2, -0.15) is 13.2 Å². The van der Waals surface area contributed by atoms with Crippen LogP contribution in [0.1, 0.15) is 27.0 Å². The fourth-order valence-corrected chi connectivity index (χ4v) is 4.24. The predicted molar refractivity (Wildman–Crippen MR) is 125 cm³/mol. The number of alkyl halides is 3. The summed E-state index contributed by atoms with van der Waals surface area (Å²) in [7, 11) is 0. The Morgan fingerprint density at radius 3 is 2.63 bits per heavy atom. The third-order valence-electron chi connectivity index (χ3n) is 4.98. The summed E-state index contributed by atoms with van der Waals surface area (Å²) in [6.45, 7) is 1.31. The van der Waals surface area contributed by atoms with Crippen molar-refractivity contribution in [2.24, 2.45) is 0 Å². The summed E-state index contributed by atoms with van der Waals surface area (Å²) in [5.41, 5.74) is 1.68. The second-order valence-electron chi connectivity index (χ2n) is 7.52. The molecule has 0 saturated carbocycles.